The standard InChI is InChI=1S/C17H35N3O2/c1-17(2,3)22-16(21)20-13-8-9-15(10-14-20)18-11-6-7-12-19(4)5/h15,18H,6-14H2,1-5H3. The van der Waals surface area contributed by atoms with Crippen molar-refractivity contribution in [2.45, 2.75) is 64.5 Å². The minimum Gasteiger partial charge on any atom is -0.444 e. The van der Waals surface area contributed by atoms with Crippen LogP contribution in [0.3, 0.4) is 0 Å². The third-order valence-corrected chi connectivity index (χ3v) is 3.84. The summed E-state index contributed by atoms with van der Waals surface area (Å²) < 4.78 is 5.47. The van der Waals surface area contributed by atoms with Gasteiger partial charge in [-0.2, -0.15) is 0 Å². The summed E-state index contributed by atoms with van der Waals surface area (Å²) in [7, 11) is 4.23. The van der Waals surface area contributed by atoms with Gasteiger partial charge in [0.1, 0.15) is 5.60 Å². The second-order valence-electron chi connectivity index (χ2n) is 7.56. The summed E-state index contributed by atoms with van der Waals surface area (Å²) in [5, 5.41) is 3.65. The summed E-state index contributed by atoms with van der Waals surface area (Å²) >= 11 is 0. The zero-order valence-electron chi connectivity index (χ0n) is 15.2. The molecular formula is C17H35N3O2. The second kappa shape index (κ2) is 9.36. The molecule has 0 radical (unpaired) electrons. The Hall–Kier alpha value is -0.810. The van der Waals surface area contributed by atoms with Crippen LogP contribution in [0.1, 0.15) is 52.9 Å². The fourth-order valence-corrected chi connectivity index (χ4v) is 2.67. The Bertz CT molecular complexity index is 326. The van der Waals surface area contributed by atoms with Gasteiger partial charge in [0.25, 0.3) is 0 Å². The van der Waals surface area contributed by atoms with Gasteiger partial charge in [-0.3, -0.25) is 0 Å². The van der Waals surface area contributed by atoms with Crippen molar-refractivity contribution in [2.24, 2.45) is 0 Å². The lowest BCUT2D eigenvalue weighted by Gasteiger charge is -2.26. The van der Waals surface area contributed by atoms with E-state index >= 15 is 0 Å². The van der Waals surface area contributed by atoms with Gasteiger partial charge in [-0.25, -0.2) is 4.79 Å². The quantitative estimate of drug-likeness (QED) is 0.766. The Morgan fingerprint density at radius 3 is 2.59 bits per heavy atom. The molecule has 5 nitrogen and oxygen atoms in total. The molecule has 0 aromatic rings. The van der Waals surface area contributed by atoms with Crippen LogP contribution in [-0.4, -0.2) is 67.8 Å². The lowest BCUT2D eigenvalue weighted by Crippen LogP contribution is -2.38. The van der Waals surface area contributed by atoms with Gasteiger partial charge in [-0.15, -0.1) is 0 Å². The molecule has 1 saturated heterocycles. The normalized spacial score (nSPS) is 20.1. The first-order valence-electron chi connectivity index (χ1n) is 8.64. The van der Waals surface area contributed by atoms with E-state index in [2.05, 4.69) is 24.3 Å². The van der Waals surface area contributed by atoms with Crippen LogP contribution in [0, 0.1) is 0 Å². The van der Waals surface area contributed by atoms with Gasteiger partial charge >= 0.3 is 6.09 Å². The van der Waals surface area contributed by atoms with Crippen molar-refractivity contribution < 1.29 is 9.53 Å². The molecule has 1 rings (SSSR count). The van der Waals surface area contributed by atoms with E-state index in [1.54, 1.807) is 0 Å². The summed E-state index contributed by atoms with van der Waals surface area (Å²) in [5.74, 6) is 0. The molecule has 0 aliphatic carbocycles. The molecule has 0 aromatic heterocycles. The molecule has 0 aromatic carbocycles. The number of carbonyl (C=O) groups excluding carboxylic acids is 1. The molecule has 1 atom stereocenters. The van der Waals surface area contributed by atoms with E-state index in [0.717, 1.165) is 45.4 Å². The largest absolute Gasteiger partial charge is 0.444 e. The van der Waals surface area contributed by atoms with E-state index in [1.165, 1.54) is 12.8 Å². The van der Waals surface area contributed by atoms with Crippen LogP contribution in [-0.2, 0) is 4.74 Å². The summed E-state index contributed by atoms with van der Waals surface area (Å²) in [6.45, 7) is 9.59. The van der Waals surface area contributed by atoms with Crippen molar-refractivity contribution in [1.82, 2.24) is 15.1 Å². The van der Waals surface area contributed by atoms with Crippen molar-refractivity contribution in [1.29, 1.82) is 0 Å². The maximum Gasteiger partial charge on any atom is 0.410 e. The lowest BCUT2D eigenvalue weighted by molar-refractivity contribution is 0.0256. The molecule has 130 valence electrons. The average molecular weight is 313 g/mol. The number of carbonyl (C=O) groups is 1. The van der Waals surface area contributed by atoms with Crippen LogP contribution >= 0.6 is 0 Å². The molecule has 0 saturated carbocycles. The zero-order chi connectivity index (χ0) is 16.6. The first-order chi connectivity index (χ1) is 10.3. The number of hydrogen-bond acceptors (Lipinski definition) is 4. The van der Waals surface area contributed by atoms with E-state index in [9.17, 15) is 4.79 Å². The molecule has 0 spiro atoms. The molecule has 1 heterocycles. The molecule has 0 bridgehead atoms. The Morgan fingerprint density at radius 2 is 1.95 bits per heavy atom. The van der Waals surface area contributed by atoms with E-state index in [0.29, 0.717) is 6.04 Å². The highest BCUT2D eigenvalue weighted by Gasteiger charge is 2.24. The Balaban J connectivity index is 2.23. The second-order valence-corrected chi connectivity index (χ2v) is 7.56. The molecule has 5 heteroatoms. The summed E-state index contributed by atoms with van der Waals surface area (Å²) in [6.07, 6.45) is 5.49. The van der Waals surface area contributed by atoms with Crippen LogP contribution < -0.4 is 5.32 Å². The topological polar surface area (TPSA) is 44.8 Å². The van der Waals surface area contributed by atoms with Gasteiger partial charge in [-0.05, 0) is 80.1 Å². The lowest BCUT2D eigenvalue weighted by atomic mass is 10.1. The van der Waals surface area contributed by atoms with Crippen molar-refractivity contribution in [2.75, 3.05) is 40.3 Å². The van der Waals surface area contributed by atoms with E-state index in [-0.39, 0.29) is 6.09 Å². The van der Waals surface area contributed by atoms with Crippen molar-refractivity contribution in [3.05, 3.63) is 0 Å². The highest BCUT2D eigenvalue weighted by atomic mass is 16.6. The fraction of sp³-hybridized carbons (Fsp3) is 0.941. The highest BCUT2D eigenvalue weighted by Crippen LogP contribution is 2.15. The van der Waals surface area contributed by atoms with Crippen LogP contribution in [0.25, 0.3) is 0 Å². The van der Waals surface area contributed by atoms with E-state index in [1.807, 2.05) is 25.7 Å². The van der Waals surface area contributed by atoms with Crippen molar-refractivity contribution >= 4 is 6.09 Å². The molecular weight excluding hydrogens is 278 g/mol. The van der Waals surface area contributed by atoms with Gasteiger partial charge in [0, 0.05) is 19.1 Å². The predicted octanol–water partition coefficient (Wildman–Crippen LogP) is 2.71. The molecule has 22 heavy (non-hydrogen) atoms. The predicted molar refractivity (Wildman–Crippen MR) is 91.2 cm³/mol. The summed E-state index contributed by atoms with van der Waals surface area (Å²) in [6, 6.07) is 0.534. The van der Waals surface area contributed by atoms with Gasteiger partial charge in [-0.1, -0.05) is 0 Å². The third kappa shape index (κ3) is 8.59. The van der Waals surface area contributed by atoms with E-state index < -0.39 is 5.60 Å². The minimum atomic E-state index is -0.409. The smallest absolute Gasteiger partial charge is 0.410 e. The van der Waals surface area contributed by atoms with Gasteiger partial charge < -0.3 is 19.9 Å². The van der Waals surface area contributed by atoms with Crippen LogP contribution in [0.4, 0.5) is 4.79 Å². The number of nitrogens with zero attached hydrogens (tertiary/aromatic N) is 2. The Kier molecular flexibility index (Phi) is 8.18. The third-order valence-electron chi connectivity index (χ3n) is 3.84. The van der Waals surface area contributed by atoms with Crippen LogP contribution in [0.2, 0.25) is 0 Å². The van der Waals surface area contributed by atoms with Gasteiger partial charge in [0.15, 0.2) is 0 Å². The summed E-state index contributed by atoms with van der Waals surface area (Å²) in [5.41, 5.74) is -0.409. The molecule has 1 aliphatic rings. The number of amides is 1. The number of likely N-dealkylation sites (tertiary alicyclic amines) is 1. The number of hydrogen-bond donors (Lipinski definition) is 1. The monoisotopic (exact) mass is 313 g/mol. The zero-order valence-corrected chi connectivity index (χ0v) is 15.2. The molecule has 1 N–H and O–H groups in total. The average Bonchev–Trinajstić information content (AvgIpc) is 2.61. The molecule has 1 aliphatic heterocycles. The Morgan fingerprint density at radius 1 is 1.23 bits per heavy atom. The molecule has 1 unspecified atom stereocenters. The maximum absolute atomic E-state index is 12.1. The van der Waals surface area contributed by atoms with Crippen LogP contribution in [0.15, 0.2) is 0 Å². The SMILES string of the molecule is CN(C)CCCCNC1CCCN(C(=O)OC(C)(C)C)CC1. The molecule has 1 fully saturated rings. The van der Waals surface area contributed by atoms with Crippen LogP contribution in [0.5, 0.6) is 0 Å². The number of unbranched alkanes of at least 4 members (excludes halogenated alkanes) is 1. The van der Waals surface area contributed by atoms with Crippen molar-refractivity contribution in [3.63, 3.8) is 0 Å². The maximum atomic E-state index is 12.1. The van der Waals surface area contributed by atoms with Crippen molar-refractivity contribution in [3.8, 4) is 0 Å². The summed E-state index contributed by atoms with van der Waals surface area (Å²) in [4.78, 5) is 16.2. The number of nitrogens with one attached hydrogen (secondary N) is 1. The van der Waals surface area contributed by atoms with E-state index in [4.69, 9.17) is 4.74 Å². The Labute approximate surface area is 136 Å². The van der Waals surface area contributed by atoms with Gasteiger partial charge in [0.2, 0.25) is 0 Å². The number of ether oxygens (including phenoxy) is 1. The highest BCUT2D eigenvalue weighted by molar-refractivity contribution is 5.68. The minimum absolute atomic E-state index is 0.167. The molecule has 1 amide bonds. The first kappa shape index (κ1) is 19.2. The van der Waals surface area contributed by atoms with Gasteiger partial charge in [0.05, 0.1) is 0 Å². The first-order valence-corrected chi connectivity index (χ1v) is 8.64. The number of rotatable bonds is 6. The fourth-order valence-electron chi connectivity index (χ4n) is 2.67.